The van der Waals surface area contributed by atoms with Crippen LogP contribution in [0.5, 0.6) is 0 Å². The fraction of sp³-hybridized carbons (Fsp3) is 0.571. The molecule has 0 radical (unpaired) electrons. The molecule has 0 atom stereocenters. The molecule has 0 bridgehead atoms. The van der Waals surface area contributed by atoms with Crippen molar-refractivity contribution in [3.8, 4) is 0 Å². The van der Waals surface area contributed by atoms with E-state index in [9.17, 15) is 17.8 Å². The summed E-state index contributed by atoms with van der Waals surface area (Å²) in [5.74, 6) is -0.0667. The molecule has 0 aromatic rings. The van der Waals surface area contributed by atoms with Crippen LogP contribution in [0.4, 0.5) is 0 Å². The molecule has 2 heterocycles. The summed E-state index contributed by atoms with van der Waals surface area (Å²) in [6.45, 7) is 3.79. The van der Waals surface area contributed by atoms with Crippen LogP contribution in [0.15, 0.2) is 22.8 Å². The summed E-state index contributed by atoms with van der Waals surface area (Å²) in [5.41, 5.74) is 1.08. The van der Waals surface area contributed by atoms with Gasteiger partial charge in [0.1, 0.15) is 4.32 Å². The molecule has 2 fully saturated rings. The molecule has 0 saturated carbocycles. The molecule has 7 nitrogen and oxygen atoms in total. The van der Waals surface area contributed by atoms with Gasteiger partial charge in [-0.05, 0) is 38.3 Å². The molecular formula is C14H19N2NaO5S3. The van der Waals surface area contributed by atoms with Gasteiger partial charge in [0, 0.05) is 25.3 Å². The summed E-state index contributed by atoms with van der Waals surface area (Å²) < 4.78 is 36.0. The van der Waals surface area contributed by atoms with Crippen molar-refractivity contribution in [3.05, 3.63) is 22.8 Å². The summed E-state index contributed by atoms with van der Waals surface area (Å²) in [5, 5.41) is 0. The van der Waals surface area contributed by atoms with Gasteiger partial charge in [0.25, 0.3) is 5.91 Å². The molecule has 2 aliphatic heterocycles. The van der Waals surface area contributed by atoms with Crippen LogP contribution in [0.1, 0.15) is 26.2 Å². The number of hydrogen-bond donors (Lipinski definition) is 0. The Morgan fingerprint density at radius 1 is 1.40 bits per heavy atom. The van der Waals surface area contributed by atoms with Gasteiger partial charge in [-0.1, -0.05) is 24.0 Å². The standard InChI is InChI=1S/C14H20N2O5S3.Na/c1-2-16-13(17)12(23-14(16)22)7-6-11-5-3-8-15(11)9-4-10-21-24(18,19)20;/h6-7H,2-5,8-10H2,1H3,(H,18,19,20);/q;+1/p-1/b11-6+,12-7-;. The first-order chi connectivity index (χ1) is 11.3. The number of likely N-dealkylation sites (tertiary alicyclic amines) is 1. The Kier molecular flexibility index (Phi) is 9.62. The van der Waals surface area contributed by atoms with Crippen molar-refractivity contribution in [3.63, 3.8) is 0 Å². The first kappa shape index (κ1) is 23.1. The van der Waals surface area contributed by atoms with E-state index in [0.717, 1.165) is 25.1 Å². The number of carbonyl (C=O) groups excluding carboxylic acids is 1. The molecule has 0 aromatic carbocycles. The van der Waals surface area contributed by atoms with E-state index in [4.69, 9.17) is 12.2 Å². The van der Waals surface area contributed by atoms with Crippen LogP contribution in [0, 0.1) is 0 Å². The number of rotatable bonds is 7. The number of carbonyl (C=O) groups is 1. The Balaban J connectivity index is 0.00000312. The Labute approximate surface area is 180 Å². The molecule has 0 spiro atoms. The maximum Gasteiger partial charge on any atom is 1.00 e. The van der Waals surface area contributed by atoms with Gasteiger partial charge in [-0.25, -0.2) is 8.42 Å². The zero-order valence-corrected chi connectivity index (χ0v) is 18.7. The molecule has 11 heteroatoms. The smallest absolute Gasteiger partial charge is 0.726 e. The van der Waals surface area contributed by atoms with E-state index in [1.54, 1.807) is 11.0 Å². The van der Waals surface area contributed by atoms with E-state index in [2.05, 4.69) is 9.08 Å². The monoisotopic (exact) mass is 414 g/mol. The van der Waals surface area contributed by atoms with Gasteiger partial charge in [0.15, 0.2) is 0 Å². The fourth-order valence-electron chi connectivity index (χ4n) is 2.57. The van der Waals surface area contributed by atoms with Gasteiger partial charge < -0.3 is 9.45 Å². The largest absolute Gasteiger partial charge is 1.00 e. The second kappa shape index (κ2) is 10.4. The van der Waals surface area contributed by atoms with Gasteiger partial charge in [-0.15, -0.1) is 0 Å². The zero-order valence-electron chi connectivity index (χ0n) is 14.3. The van der Waals surface area contributed by atoms with Crippen molar-refractivity contribution >= 4 is 44.6 Å². The number of hydrogen-bond acceptors (Lipinski definition) is 8. The average Bonchev–Trinajstić information content (AvgIpc) is 3.05. The van der Waals surface area contributed by atoms with E-state index >= 15 is 0 Å². The molecular weight excluding hydrogens is 395 g/mol. The van der Waals surface area contributed by atoms with E-state index in [1.807, 2.05) is 13.0 Å². The maximum atomic E-state index is 12.1. The number of thiocarbonyl (C=S) groups is 1. The summed E-state index contributed by atoms with van der Waals surface area (Å²) in [6.07, 6.45) is 6.04. The number of likely N-dealkylation sites (N-methyl/N-ethyl adjacent to an activating group) is 1. The summed E-state index contributed by atoms with van der Waals surface area (Å²) in [6, 6.07) is 0. The van der Waals surface area contributed by atoms with E-state index in [-0.39, 0.29) is 42.1 Å². The van der Waals surface area contributed by atoms with Crippen LogP contribution in [-0.4, -0.2) is 59.2 Å². The molecule has 134 valence electrons. The summed E-state index contributed by atoms with van der Waals surface area (Å²) in [4.78, 5) is 16.4. The van der Waals surface area contributed by atoms with Crippen molar-refractivity contribution in [2.75, 3.05) is 26.2 Å². The zero-order chi connectivity index (χ0) is 17.7. The number of thioether (sulfide) groups is 1. The van der Waals surface area contributed by atoms with Gasteiger partial charge in [0.05, 0.1) is 11.5 Å². The van der Waals surface area contributed by atoms with Crippen molar-refractivity contribution in [2.24, 2.45) is 0 Å². The molecule has 25 heavy (non-hydrogen) atoms. The van der Waals surface area contributed by atoms with Crippen LogP contribution in [-0.2, 0) is 19.4 Å². The van der Waals surface area contributed by atoms with E-state index in [0.29, 0.717) is 28.7 Å². The van der Waals surface area contributed by atoms with Gasteiger partial charge in [-0.3, -0.25) is 13.9 Å². The Morgan fingerprint density at radius 2 is 2.12 bits per heavy atom. The molecule has 2 aliphatic rings. The molecule has 0 aromatic heterocycles. The van der Waals surface area contributed by atoms with Crippen LogP contribution in [0.2, 0.25) is 0 Å². The van der Waals surface area contributed by atoms with Crippen LogP contribution >= 0.6 is 24.0 Å². The second-order valence-electron chi connectivity index (χ2n) is 5.28. The number of allylic oxidation sites excluding steroid dienone is 3. The Morgan fingerprint density at radius 3 is 2.72 bits per heavy atom. The molecule has 1 amide bonds. The predicted molar refractivity (Wildman–Crippen MR) is 94.8 cm³/mol. The first-order valence-corrected chi connectivity index (χ1v) is 10.2. The summed E-state index contributed by atoms with van der Waals surface area (Å²) in [7, 11) is -4.62. The third-order valence-electron chi connectivity index (χ3n) is 3.68. The third kappa shape index (κ3) is 6.94. The topological polar surface area (TPSA) is 90.0 Å². The molecule has 0 N–H and O–H groups in total. The Hall–Kier alpha value is 0.0600. The van der Waals surface area contributed by atoms with Crippen molar-refractivity contribution < 1.29 is 51.5 Å². The van der Waals surface area contributed by atoms with E-state index in [1.165, 1.54) is 11.8 Å². The minimum Gasteiger partial charge on any atom is -0.726 e. The van der Waals surface area contributed by atoms with E-state index < -0.39 is 10.4 Å². The van der Waals surface area contributed by atoms with Crippen LogP contribution in [0.25, 0.3) is 0 Å². The SMILES string of the molecule is CCN1C(=O)/C(=C/C=C2\CCCN2CCCOS(=O)(=O)[O-])SC1=S.[Na+]. The minimum atomic E-state index is -4.62. The third-order valence-corrected chi connectivity index (χ3v) is 5.54. The molecule has 2 rings (SSSR count). The normalized spacial score (nSPS) is 21.5. The second-order valence-corrected chi connectivity index (χ2v) is 8.01. The average molecular weight is 415 g/mol. The van der Waals surface area contributed by atoms with Crippen molar-refractivity contribution in [2.45, 2.75) is 26.2 Å². The maximum absolute atomic E-state index is 12.1. The summed E-state index contributed by atoms with van der Waals surface area (Å²) >= 11 is 6.47. The quantitative estimate of drug-likeness (QED) is 0.126. The van der Waals surface area contributed by atoms with Gasteiger partial charge >= 0.3 is 29.6 Å². The first-order valence-electron chi connectivity index (χ1n) is 7.61. The molecule has 0 unspecified atom stereocenters. The van der Waals surface area contributed by atoms with Crippen molar-refractivity contribution in [1.29, 1.82) is 0 Å². The minimum absolute atomic E-state index is 0. The molecule has 2 saturated heterocycles. The fourth-order valence-corrected chi connectivity index (χ4v) is 4.22. The van der Waals surface area contributed by atoms with Crippen LogP contribution < -0.4 is 29.6 Å². The van der Waals surface area contributed by atoms with Gasteiger partial charge in [-0.2, -0.15) is 0 Å². The predicted octanol–water partition coefficient (Wildman–Crippen LogP) is -1.40. The number of nitrogens with zero attached hydrogens (tertiary/aromatic N) is 2. The molecule has 0 aliphatic carbocycles. The van der Waals surface area contributed by atoms with Crippen molar-refractivity contribution in [1.82, 2.24) is 9.80 Å². The van der Waals surface area contributed by atoms with Crippen LogP contribution in [0.3, 0.4) is 0 Å². The Bertz CT molecular complexity index is 678. The number of amides is 1. The van der Waals surface area contributed by atoms with Gasteiger partial charge in [0.2, 0.25) is 10.4 Å².